The van der Waals surface area contributed by atoms with Crippen molar-refractivity contribution in [3.05, 3.63) is 70.7 Å². The number of rotatable bonds is 11. The number of carboxylic acids is 1. The van der Waals surface area contributed by atoms with Crippen LogP contribution in [0.1, 0.15) is 12.5 Å². The summed E-state index contributed by atoms with van der Waals surface area (Å²) in [7, 11) is 0. The number of carboxylic acid groups (broad SMARTS) is 1. The number of hydrogen-bond acceptors (Lipinski definition) is 8. The van der Waals surface area contributed by atoms with Gasteiger partial charge in [-0.1, -0.05) is 64.1 Å². The minimum atomic E-state index is -1.33. The summed E-state index contributed by atoms with van der Waals surface area (Å²) in [5.74, 6) is -0.615. The number of carbonyl (C=O) groups is 2. The zero-order valence-corrected chi connectivity index (χ0v) is 20.6. The van der Waals surface area contributed by atoms with E-state index in [2.05, 4.69) is 43.2 Å². The highest BCUT2D eigenvalue weighted by atomic mass is 79.9. The van der Waals surface area contributed by atoms with E-state index in [0.29, 0.717) is 28.8 Å². The molecule has 3 aromatic rings. The Morgan fingerprint density at radius 1 is 1.24 bits per heavy atom. The molecule has 0 saturated heterocycles. The molecule has 0 aliphatic heterocycles. The third-order valence-corrected chi connectivity index (χ3v) is 5.73. The first kappa shape index (κ1) is 25.2. The van der Waals surface area contributed by atoms with Crippen LogP contribution < -0.4 is 15.3 Å². The average Bonchev–Trinajstić information content (AvgIpc) is 3.19. The van der Waals surface area contributed by atoms with Gasteiger partial charge in [0.15, 0.2) is 11.0 Å². The van der Waals surface area contributed by atoms with Gasteiger partial charge in [0.25, 0.3) is 5.91 Å². The zero-order valence-electron chi connectivity index (χ0n) is 18.2. The molecule has 0 saturated carbocycles. The van der Waals surface area contributed by atoms with E-state index in [1.807, 2.05) is 35.8 Å². The topological polar surface area (TPSA) is 122 Å². The number of amides is 1. The predicted molar refractivity (Wildman–Crippen MR) is 131 cm³/mol. The first-order chi connectivity index (χ1) is 16.3. The van der Waals surface area contributed by atoms with E-state index in [4.69, 9.17) is 4.74 Å². The summed E-state index contributed by atoms with van der Waals surface area (Å²) in [5, 5.41) is 23.7. The van der Waals surface area contributed by atoms with E-state index in [9.17, 15) is 14.7 Å². The van der Waals surface area contributed by atoms with Gasteiger partial charge >= 0.3 is 0 Å². The summed E-state index contributed by atoms with van der Waals surface area (Å²) in [6.45, 7) is 5.82. The van der Waals surface area contributed by atoms with Crippen LogP contribution in [0.25, 0.3) is 11.4 Å². The fourth-order valence-electron chi connectivity index (χ4n) is 2.81. The molecule has 11 heteroatoms. The molecule has 1 heterocycles. The molecular formula is C23H21BrN5O4S-. The maximum absolute atomic E-state index is 12.3. The molecule has 0 atom stereocenters. The Balaban J connectivity index is 1.63. The second kappa shape index (κ2) is 12.1. The Morgan fingerprint density at radius 2 is 1.97 bits per heavy atom. The molecule has 176 valence electrons. The van der Waals surface area contributed by atoms with Crippen molar-refractivity contribution in [3.8, 4) is 17.1 Å². The fourth-order valence-corrected chi connectivity index (χ4v) is 3.81. The maximum atomic E-state index is 12.3. The molecule has 0 aliphatic carbocycles. The first-order valence-electron chi connectivity index (χ1n) is 10.0. The van der Waals surface area contributed by atoms with Crippen LogP contribution in [0.2, 0.25) is 0 Å². The number of aromatic nitrogens is 3. The molecule has 34 heavy (non-hydrogen) atoms. The number of aliphatic carboxylic acids is 1. The molecule has 0 fully saturated rings. The quantitative estimate of drug-likeness (QED) is 0.171. The van der Waals surface area contributed by atoms with Crippen LogP contribution in [0.4, 0.5) is 0 Å². The minimum Gasteiger partial charge on any atom is -0.546 e. The lowest BCUT2D eigenvalue weighted by Gasteiger charge is -2.10. The highest BCUT2D eigenvalue weighted by molar-refractivity contribution is 9.10. The van der Waals surface area contributed by atoms with Crippen molar-refractivity contribution in [2.75, 3.05) is 12.4 Å². The van der Waals surface area contributed by atoms with Gasteiger partial charge in [0.05, 0.1) is 17.9 Å². The zero-order chi connectivity index (χ0) is 24.5. The molecule has 0 spiro atoms. The number of benzene rings is 2. The molecule has 3 rings (SSSR count). The summed E-state index contributed by atoms with van der Waals surface area (Å²) >= 11 is 4.66. The standard InChI is InChI=1S/C23H22BrN5O4S/c1-15(2)12-29-22(16-7-9-18(24)10-8-16)27-28-23(29)34-14-20(30)26-25-11-17-5-3-4-6-19(17)33-13-21(31)32/h3-11H,1,12-14H2,2H3,(H,26,30)(H,31,32)/p-1. The average molecular weight is 543 g/mol. The lowest BCUT2D eigenvalue weighted by Crippen LogP contribution is -2.29. The van der Waals surface area contributed by atoms with Gasteiger partial charge in [-0.25, -0.2) is 5.43 Å². The first-order valence-corrected chi connectivity index (χ1v) is 11.8. The van der Waals surface area contributed by atoms with E-state index in [0.717, 1.165) is 15.6 Å². The van der Waals surface area contributed by atoms with Crippen LogP contribution in [0.5, 0.6) is 5.75 Å². The van der Waals surface area contributed by atoms with Crippen molar-refractivity contribution in [3.63, 3.8) is 0 Å². The number of ether oxygens (including phenoxy) is 1. The van der Waals surface area contributed by atoms with Crippen LogP contribution in [0.3, 0.4) is 0 Å². The summed E-state index contributed by atoms with van der Waals surface area (Å²) in [4.78, 5) is 22.9. The molecule has 0 bridgehead atoms. The van der Waals surface area contributed by atoms with Crippen LogP contribution in [0, 0.1) is 0 Å². The second-order valence-electron chi connectivity index (χ2n) is 7.14. The Labute approximate surface area is 209 Å². The number of hydrazone groups is 1. The Hall–Kier alpha value is -3.44. The van der Waals surface area contributed by atoms with Crippen molar-refractivity contribution >= 4 is 45.8 Å². The molecule has 2 aromatic carbocycles. The molecular weight excluding hydrogens is 522 g/mol. The van der Waals surface area contributed by atoms with Crippen molar-refractivity contribution in [1.82, 2.24) is 20.2 Å². The second-order valence-corrected chi connectivity index (χ2v) is 8.99. The Kier molecular flexibility index (Phi) is 9.00. The van der Waals surface area contributed by atoms with Crippen molar-refractivity contribution in [2.24, 2.45) is 5.10 Å². The smallest absolute Gasteiger partial charge is 0.250 e. The number of halogens is 1. The number of nitrogens with zero attached hydrogens (tertiary/aromatic N) is 4. The monoisotopic (exact) mass is 542 g/mol. The summed E-state index contributed by atoms with van der Waals surface area (Å²) in [5.41, 5.74) is 4.78. The van der Waals surface area contributed by atoms with Crippen LogP contribution in [0.15, 0.2) is 75.4 Å². The number of nitrogens with one attached hydrogen (secondary N) is 1. The fraction of sp³-hybridized carbons (Fsp3) is 0.174. The van der Waals surface area contributed by atoms with Crippen LogP contribution in [-0.2, 0) is 16.1 Å². The van der Waals surface area contributed by atoms with Gasteiger partial charge in [-0.05, 0) is 31.2 Å². The maximum Gasteiger partial charge on any atom is 0.250 e. The van der Waals surface area contributed by atoms with E-state index < -0.39 is 12.6 Å². The van der Waals surface area contributed by atoms with Gasteiger partial charge in [0, 0.05) is 22.1 Å². The number of carbonyl (C=O) groups excluding carboxylic acids is 2. The largest absolute Gasteiger partial charge is 0.546 e. The highest BCUT2D eigenvalue weighted by Crippen LogP contribution is 2.26. The Bertz CT molecular complexity index is 1210. The Morgan fingerprint density at radius 3 is 2.68 bits per heavy atom. The molecule has 0 aliphatic rings. The van der Waals surface area contributed by atoms with E-state index in [-0.39, 0.29) is 11.7 Å². The summed E-state index contributed by atoms with van der Waals surface area (Å²) < 4.78 is 8.03. The molecule has 1 N–H and O–H groups in total. The summed E-state index contributed by atoms with van der Waals surface area (Å²) in [6.07, 6.45) is 1.38. The van der Waals surface area contributed by atoms with E-state index in [1.165, 1.54) is 18.0 Å². The van der Waals surface area contributed by atoms with E-state index in [1.54, 1.807) is 24.3 Å². The number of allylic oxidation sites excluding steroid dienone is 1. The van der Waals surface area contributed by atoms with Crippen molar-refractivity contribution in [1.29, 1.82) is 0 Å². The van der Waals surface area contributed by atoms with Gasteiger partial charge in [-0.2, -0.15) is 5.10 Å². The predicted octanol–water partition coefficient (Wildman–Crippen LogP) is 2.65. The van der Waals surface area contributed by atoms with Crippen molar-refractivity contribution < 1.29 is 19.4 Å². The van der Waals surface area contributed by atoms with Crippen molar-refractivity contribution in [2.45, 2.75) is 18.6 Å². The molecule has 0 radical (unpaired) electrons. The van der Waals surface area contributed by atoms with Gasteiger partial charge in [-0.15, -0.1) is 10.2 Å². The number of hydrogen-bond donors (Lipinski definition) is 1. The molecule has 9 nitrogen and oxygen atoms in total. The number of thioether (sulfide) groups is 1. The lowest BCUT2D eigenvalue weighted by molar-refractivity contribution is -0.307. The molecule has 0 unspecified atom stereocenters. The van der Waals surface area contributed by atoms with Gasteiger partial charge in [0.2, 0.25) is 0 Å². The van der Waals surface area contributed by atoms with Gasteiger partial charge in [0.1, 0.15) is 12.4 Å². The van der Waals surface area contributed by atoms with Gasteiger partial charge in [-0.3, -0.25) is 9.36 Å². The third kappa shape index (κ3) is 7.29. The van der Waals surface area contributed by atoms with Crippen LogP contribution in [-0.4, -0.2) is 45.2 Å². The molecule has 1 amide bonds. The van der Waals surface area contributed by atoms with Crippen LogP contribution >= 0.6 is 27.7 Å². The minimum absolute atomic E-state index is 0.0643. The third-order valence-electron chi connectivity index (χ3n) is 4.24. The van der Waals surface area contributed by atoms with Gasteiger partial charge < -0.3 is 14.6 Å². The normalized spacial score (nSPS) is 10.9. The highest BCUT2D eigenvalue weighted by Gasteiger charge is 2.16. The summed E-state index contributed by atoms with van der Waals surface area (Å²) in [6, 6.07) is 14.4. The van der Waals surface area contributed by atoms with E-state index >= 15 is 0 Å². The lowest BCUT2D eigenvalue weighted by atomic mass is 10.2. The molecule has 1 aromatic heterocycles. The number of para-hydroxylation sites is 1. The SMILES string of the molecule is C=C(C)Cn1c(SCC(=O)NN=Cc2ccccc2OCC(=O)[O-])nnc1-c1ccc(Br)cc1.